The van der Waals surface area contributed by atoms with E-state index in [1.807, 2.05) is 49.9 Å². The molecule has 2 heterocycles. The second kappa shape index (κ2) is 8.71. The largest absolute Gasteiger partial charge is 0.444 e. The van der Waals surface area contributed by atoms with Crippen LogP contribution in [0.2, 0.25) is 0 Å². The summed E-state index contributed by atoms with van der Waals surface area (Å²) in [7, 11) is 0. The van der Waals surface area contributed by atoms with E-state index in [0.717, 1.165) is 17.9 Å². The molecule has 3 amide bonds. The summed E-state index contributed by atoms with van der Waals surface area (Å²) < 4.78 is 5.39. The molecule has 1 aromatic carbocycles. The first-order valence-corrected chi connectivity index (χ1v) is 10.1. The van der Waals surface area contributed by atoms with Crippen LogP contribution < -0.4 is 15.5 Å². The molecule has 0 bridgehead atoms. The van der Waals surface area contributed by atoms with Crippen LogP contribution in [0.15, 0.2) is 24.3 Å². The van der Waals surface area contributed by atoms with Crippen LogP contribution in [-0.2, 0) is 14.3 Å². The van der Waals surface area contributed by atoms with Crippen molar-refractivity contribution in [2.75, 3.05) is 42.9 Å². The number of ether oxygens (including phenoxy) is 1. The molecule has 2 saturated heterocycles. The maximum atomic E-state index is 12.6. The molecule has 8 nitrogen and oxygen atoms in total. The molecule has 0 aliphatic carbocycles. The second-order valence-corrected chi connectivity index (χ2v) is 8.55. The minimum atomic E-state index is -0.518. The van der Waals surface area contributed by atoms with Gasteiger partial charge in [-0.15, -0.1) is 0 Å². The number of nitrogens with zero attached hydrogens (tertiary/aromatic N) is 2. The molecule has 0 unspecified atom stereocenters. The van der Waals surface area contributed by atoms with Crippen LogP contribution >= 0.6 is 0 Å². The van der Waals surface area contributed by atoms with E-state index in [4.69, 9.17) is 4.74 Å². The average Bonchev–Trinajstić information content (AvgIpc) is 2.67. The Hall–Kier alpha value is -2.77. The molecule has 2 N–H and O–H groups in total. The van der Waals surface area contributed by atoms with Gasteiger partial charge in [0.05, 0.1) is 6.54 Å². The SMILES string of the molecule is CC(C)(C)OC(=O)N1CCC(C(=O)Nc2ccc(N3CCNC(=O)C3)cc2)CC1. The van der Waals surface area contributed by atoms with Gasteiger partial charge in [-0.25, -0.2) is 4.79 Å². The van der Waals surface area contributed by atoms with E-state index in [0.29, 0.717) is 39.0 Å². The van der Waals surface area contributed by atoms with Crippen molar-refractivity contribution in [1.29, 1.82) is 0 Å². The number of rotatable bonds is 3. The molecule has 0 atom stereocenters. The molecule has 2 aliphatic heterocycles. The molecule has 0 spiro atoms. The molecule has 2 aliphatic rings. The normalized spacial score (nSPS) is 18.2. The Balaban J connectivity index is 1.48. The van der Waals surface area contributed by atoms with Gasteiger partial charge in [0.1, 0.15) is 5.60 Å². The van der Waals surface area contributed by atoms with Crippen molar-refractivity contribution in [1.82, 2.24) is 10.2 Å². The molecule has 158 valence electrons. The zero-order valence-corrected chi connectivity index (χ0v) is 17.4. The van der Waals surface area contributed by atoms with Gasteiger partial charge in [-0.1, -0.05) is 0 Å². The van der Waals surface area contributed by atoms with Gasteiger partial charge in [0.25, 0.3) is 0 Å². The highest BCUT2D eigenvalue weighted by Crippen LogP contribution is 2.23. The van der Waals surface area contributed by atoms with Gasteiger partial charge in [-0.2, -0.15) is 0 Å². The van der Waals surface area contributed by atoms with Gasteiger partial charge in [0, 0.05) is 43.5 Å². The van der Waals surface area contributed by atoms with Gasteiger partial charge in [0.2, 0.25) is 11.8 Å². The maximum absolute atomic E-state index is 12.6. The lowest BCUT2D eigenvalue weighted by Gasteiger charge is -2.33. The number of carbonyl (C=O) groups excluding carboxylic acids is 3. The van der Waals surface area contributed by atoms with Crippen molar-refractivity contribution in [2.45, 2.75) is 39.2 Å². The zero-order valence-electron chi connectivity index (χ0n) is 17.4. The van der Waals surface area contributed by atoms with Gasteiger partial charge >= 0.3 is 6.09 Å². The third kappa shape index (κ3) is 5.85. The molecular formula is C21H30N4O4. The molecule has 0 aromatic heterocycles. The van der Waals surface area contributed by atoms with Crippen molar-refractivity contribution in [2.24, 2.45) is 5.92 Å². The average molecular weight is 402 g/mol. The molecular weight excluding hydrogens is 372 g/mol. The summed E-state index contributed by atoms with van der Waals surface area (Å²) in [4.78, 5) is 39.9. The quantitative estimate of drug-likeness (QED) is 0.809. The lowest BCUT2D eigenvalue weighted by atomic mass is 9.96. The topological polar surface area (TPSA) is 91.0 Å². The van der Waals surface area contributed by atoms with Crippen LogP contribution in [0.25, 0.3) is 0 Å². The Kier molecular flexibility index (Phi) is 6.30. The molecule has 1 aromatic rings. The number of likely N-dealkylation sites (tertiary alicyclic amines) is 1. The minimum Gasteiger partial charge on any atom is -0.444 e. The number of amides is 3. The summed E-state index contributed by atoms with van der Waals surface area (Å²) >= 11 is 0. The molecule has 0 saturated carbocycles. The molecule has 3 rings (SSSR count). The molecule has 2 fully saturated rings. The summed E-state index contributed by atoms with van der Waals surface area (Å²) in [5, 5.41) is 5.77. The number of carbonyl (C=O) groups is 3. The third-order valence-electron chi connectivity index (χ3n) is 5.06. The van der Waals surface area contributed by atoms with Crippen LogP contribution in [0.1, 0.15) is 33.6 Å². The minimum absolute atomic E-state index is 0.0198. The summed E-state index contributed by atoms with van der Waals surface area (Å²) in [6.07, 6.45) is 0.913. The fourth-order valence-electron chi connectivity index (χ4n) is 3.51. The number of nitrogens with one attached hydrogen (secondary N) is 2. The lowest BCUT2D eigenvalue weighted by molar-refractivity contribution is -0.121. The third-order valence-corrected chi connectivity index (χ3v) is 5.06. The van der Waals surface area contributed by atoms with Gasteiger partial charge in [0.15, 0.2) is 0 Å². The van der Waals surface area contributed by atoms with E-state index in [1.54, 1.807) is 4.90 Å². The fraction of sp³-hybridized carbons (Fsp3) is 0.571. The van der Waals surface area contributed by atoms with Gasteiger partial charge < -0.3 is 25.2 Å². The highest BCUT2D eigenvalue weighted by Gasteiger charge is 2.30. The fourth-order valence-corrected chi connectivity index (χ4v) is 3.51. The van der Waals surface area contributed by atoms with E-state index in [2.05, 4.69) is 10.6 Å². The summed E-state index contributed by atoms with van der Waals surface area (Å²) in [6.45, 7) is 8.32. The van der Waals surface area contributed by atoms with Gasteiger partial charge in [-0.05, 0) is 57.9 Å². The van der Waals surface area contributed by atoms with E-state index in [9.17, 15) is 14.4 Å². The van der Waals surface area contributed by atoms with E-state index < -0.39 is 5.60 Å². The number of benzene rings is 1. The first kappa shape index (κ1) is 21.0. The van der Waals surface area contributed by atoms with Crippen molar-refractivity contribution in [3.05, 3.63) is 24.3 Å². The molecule has 0 radical (unpaired) electrons. The van der Waals surface area contributed by atoms with E-state index in [-0.39, 0.29) is 23.8 Å². The van der Waals surface area contributed by atoms with Crippen LogP contribution in [0.5, 0.6) is 0 Å². The first-order valence-electron chi connectivity index (χ1n) is 10.1. The van der Waals surface area contributed by atoms with Crippen molar-refractivity contribution >= 4 is 29.3 Å². The Labute approximate surface area is 171 Å². The molecule has 29 heavy (non-hydrogen) atoms. The highest BCUT2D eigenvalue weighted by molar-refractivity contribution is 5.93. The number of anilines is 2. The van der Waals surface area contributed by atoms with Crippen molar-refractivity contribution in [3.8, 4) is 0 Å². The Morgan fingerprint density at radius 2 is 1.76 bits per heavy atom. The van der Waals surface area contributed by atoms with Crippen molar-refractivity contribution < 1.29 is 19.1 Å². The summed E-state index contributed by atoms with van der Waals surface area (Å²) in [5.74, 6) is -0.135. The molecule has 8 heteroatoms. The Morgan fingerprint density at radius 1 is 1.10 bits per heavy atom. The van der Waals surface area contributed by atoms with E-state index in [1.165, 1.54) is 0 Å². The second-order valence-electron chi connectivity index (χ2n) is 8.55. The number of hydrogen-bond donors (Lipinski definition) is 2. The predicted octanol–water partition coefficient (Wildman–Crippen LogP) is 2.21. The van der Waals surface area contributed by atoms with E-state index >= 15 is 0 Å². The number of piperidine rings is 1. The maximum Gasteiger partial charge on any atom is 0.410 e. The first-order chi connectivity index (χ1) is 13.7. The summed E-state index contributed by atoms with van der Waals surface area (Å²) in [6, 6.07) is 7.55. The Morgan fingerprint density at radius 3 is 2.34 bits per heavy atom. The van der Waals surface area contributed by atoms with Crippen LogP contribution in [0.3, 0.4) is 0 Å². The lowest BCUT2D eigenvalue weighted by Crippen LogP contribution is -2.47. The predicted molar refractivity (Wildman–Crippen MR) is 111 cm³/mol. The summed E-state index contributed by atoms with van der Waals surface area (Å²) in [5.41, 5.74) is 1.17. The van der Waals surface area contributed by atoms with Crippen LogP contribution in [-0.4, -0.2) is 61.1 Å². The zero-order chi connectivity index (χ0) is 21.0. The number of hydrogen-bond acceptors (Lipinski definition) is 5. The standard InChI is InChI=1S/C21H30N4O4/c1-21(2,3)29-20(28)24-11-8-15(9-12-24)19(27)23-16-4-6-17(7-5-16)25-13-10-22-18(26)14-25/h4-7,15H,8-14H2,1-3H3,(H,22,26)(H,23,27). The number of piperazine rings is 1. The monoisotopic (exact) mass is 402 g/mol. The van der Waals surface area contributed by atoms with Crippen molar-refractivity contribution in [3.63, 3.8) is 0 Å². The smallest absolute Gasteiger partial charge is 0.410 e. The van der Waals surface area contributed by atoms with Gasteiger partial charge in [-0.3, -0.25) is 9.59 Å². The highest BCUT2D eigenvalue weighted by atomic mass is 16.6. The van der Waals surface area contributed by atoms with Crippen LogP contribution in [0.4, 0.5) is 16.2 Å². The Bertz CT molecular complexity index is 749. The van der Waals surface area contributed by atoms with Crippen LogP contribution in [0, 0.1) is 5.92 Å².